The summed E-state index contributed by atoms with van der Waals surface area (Å²) in [4.78, 5) is 23.8. The van der Waals surface area contributed by atoms with Crippen molar-refractivity contribution in [1.29, 1.82) is 0 Å². The summed E-state index contributed by atoms with van der Waals surface area (Å²) in [7, 11) is -2.12. The fraction of sp³-hybridized carbons (Fsp3) is 0.533. The van der Waals surface area contributed by atoms with Crippen LogP contribution in [0.2, 0.25) is 0 Å². The van der Waals surface area contributed by atoms with Gasteiger partial charge in [-0.25, -0.2) is 8.42 Å². The van der Waals surface area contributed by atoms with Crippen LogP contribution in [0, 0.1) is 16.0 Å². The molecule has 0 fully saturated rings. The molecule has 1 rings (SSSR count). The summed E-state index contributed by atoms with van der Waals surface area (Å²) in [5.41, 5.74) is 5.47. The van der Waals surface area contributed by atoms with E-state index in [0.29, 0.717) is 13.0 Å². The number of hydrogen-bond donors (Lipinski definition) is 1. The van der Waals surface area contributed by atoms with E-state index in [9.17, 15) is 23.3 Å². The predicted octanol–water partition coefficient (Wildman–Crippen LogP) is 1.44. The molecule has 0 aliphatic rings. The van der Waals surface area contributed by atoms with Crippen LogP contribution in [0.15, 0.2) is 23.1 Å². The summed E-state index contributed by atoms with van der Waals surface area (Å²) in [5, 5.41) is 11.0. The van der Waals surface area contributed by atoms with Gasteiger partial charge in [-0.2, -0.15) is 0 Å². The first-order chi connectivity index (χ1) is 10.9. The van der Waals surface area contributed by atoms with Crippen LogP contribution >= 0.6 is 0 Å². The second-order valence-corrected chi connectivity index (χ2v) is 8.18. The van der Waals surface area contributed by atoms with Gasteiger partial charge in [0.25, 0.3) is 11.6 Å². The fourth-order valence-corrected chi connectivity index (χ4v) is 2.70. The van der Waals surface area contributed by atoms with Crippen LogP contribution in [0.3, 0.4) is 0 Å². The molecule has 1 amide bonds. The summed E-state index contributed by atoms with van der Waals surface area (Å²) < 4.78 is 23.4. The minimum absolute atomic E-state index is 0.0368. The Kier molecular flexibility index (Phi) is 6.44. The first-order valence-electron chi connectivity index (χ1n) is 7.44. The third kappa shape index (κ3) is 5.27. The third-order valence-corrected chi connectivity index (χ3v) is 4.87. The summed E-state index contributed by atoms with van der Waals surface area (Å²) in [6.07, 6.45) is 1.51. The molecule has 1 aromatic rings. The number of nitro groups is 1. The maximum Gasteiger partial charge on any atom is 0.271 e. The minimum Gasteiger partial charge on any atom is -0.342 e. The van der Waals surface area contributed by atoms with Crippen molar-refractivity contribution < 1.29 is 18.1 Å². The lowest BCUT2D eigenvalue weighted by atomic mass is 10.0. The van der Waals surface area contributed by atoms with Gasteiger partial charge in [0.15, 0.2) is 9.84 Å². The lowest BCUT2D eigenvalue weighted by Gasteiger charge is -2.21. The van der Waals surface area contributed by atoms with E-state index in [4.69, 9.17) is 5.73 Å². The van der Waals surface area contributed by atoms with Gasteiger partial charge in [-0.05, 0) is 18.4 Å². The van der Waals surface area contributed by atoms with Crippen LogP contribution in [0.25, 0.3) is 0 Å². The molecular weight excluding hydrogens is 334 g/mol. The number of nitrogens with two attached hydrogens (primary N) is 1. The molecule has 2 N–H and O–H groups in total. The Morgan fingerprint density at radius 3 is 2.38 bits per heavy atom. The highest BCUT2D eigenvalue weighted by atomic mass is 32.2. The number of nitro benzene ring substituents is 1. The van der Waals surface area contributed by atoms with E-state index in [1.165, 1.54) is 4.90 Å². The first kappa shape index (κ1) is 20.0. The molecule has 0 spiro atoms. The van der Waals surface area contributed by atoms with Gasteiger partial charge < -0.3 is 10.6 Å². The fourth-order valence-electron chi connectivity index (χ4n) is 2.02. The van der Waals surface area contributed by atoms with Crippen molar-refractivity contribution in [3.63, 3.8) is 0 Å². The normalized spacial score (nSPS) is 12.9. The van der Waals surface area contributed by atoms with E-state index in [0.717, 1.165) is 24.5 Å². The maximum absolute atomic E-state index is 12.4. The molecule has 8 nitrogen and oxygen atoms in total. The molecule has 0 radical (unpaired) electrons. The molecule has 9 heteroatoms. The topological polar surface area (TPSA) is 124 Å². The molecule has 24 heavy (non-hydrogen) atoms. The highest BCUT2D eigenvalue weighted by Crippen LogP contribution is 2.22. The van der Waals surface area contributed by atoms with E-state index < -0.39 is 26.4 Å². The maximum atomic E-state index is 12.4. The number of sulfone groups is 1. The van der Waals surface area contributed by atoms with Crippen molar-refractivity contribution in [3.8, 4) is 0 Å². The first-order valence-corrected chi connectivity index (χ1v) is 9.33. The Bertz CT molecular complexity index is 731. The summed E-state index contributed by atoms with van der Waals surface area (Å²) in [6, 6.07) is 3.11. The van der Waals surface area contributed by atoms with Gasteiger partial charge in [0.1, 0.15) is 0 Å². The summed E-state index contributed by atoms with van der Waals surface area (Å²) >= 11 is 0. The van der Waals surface area contributed by atoms with Gasteiger partial charge in [0, 0.05) is 43.6 Å². The molecule has 0 saturated carbocycles. The standard InChI is InChI=1S/C15H23N3O5S/c1-10(2)14(16)5-6-17(3)15(19)11-7-12(18(20)21)9-13(8-11)24(4,22)23/h7-10,14H,5-6,16H2,1-4H3. The van der Waals surface area contributed by atoms with Crippen molar-refractivity contribution >= 4 is 21.4 Å². The minimum atomic E-state index is -3.67. The van der Waals surface area contributed by atoms with Crippen LogP contribution in [-0.2, 0) is 9.84 Å². The van der Waals surface area contributed by atoms with E-state index in [-0.39, 0.29) is 22.4 Å². The molecule has 0 aliphatic carbocycles. The average molecular weight is 357 g/mol. The Labute approximate surface area is 141 Å². The van der Waals surface area contributed by atoms with Crippen molar-refractivity contribution in [1.82, 2.24) is 4.90 Å². The van der Waals surface area contributed by atoms with Crippen molar-refractivity contribution in [2.75, 3.05) is 19.8 Å². The van der Waals surface area contributed by atoms with Crippen LogP contribution in [-0.4, -0.2) is 50.0 Å². The highest BCUT2D eigenvalue weighted by molar-refractivity contribution is 7.90. The van der Waals surface area contributed by atoms with Gasteiger partial charge in [0.05, 0.1) is 9.82 Å². The van der Waals surface area contributed by atoms with Gasteiger partial charge in [-0.1, -0.05) is 13.8 Å². The number of non-ortho nitro benzene ring substituents is 1. The van der Waals surface area contributed by atoms with Crippen LogP contribution in [0.5, 0.6) is 0 Å². The van der Waals surface area contributed by atoms with Crippen LogP contribution in [0.1, 0.15) is 30.6 Å². The second kappa shape index (κ2) is 7.71. The molecule has 0 saturated heterocycles. The van der Waals surface area contributed by atoms with Gasteiger partial charge in [-0.3, -0.25) is 14.9 Å². The largest absolute Gasteiger partial charge is 0.342 e. The Morgan fingerprint density at radius 1 is 1.33 bits per heavy atom. The zero-order chi connectivity index (χ0) is 18.7. The number of benzene rings is 1. The number of hydrogen-bond acceptors (Lipinski definition) is 6. The number of nitrogens with zero attached hydrogens (tertiary/aromatic N) is 2. The lowest BCUT2D eigenvalue weighted by molar-refractivity contribution is -0.385. The Balaban J connectivity index is 3.09. The van der Waals surface area contributed by atoms with Gasteiger partial charge >= 0.3 is 0 Å². The number of amides is 1. The lowest BCUT2D eigenvalue weighted by Crippen LogP contribution is -2.34. The van der Waals surface area contributed by atoms with E-state index in [2.05, 4.69) is 0 Å². The molecule has 1 aromatic carbocycles. The average Bonchev–Trinajstić information content (AvgIpc) is 2.49. The zero-order valence-electron chi connectivity index (χ0n) is 14.2. The van der Waals surface area contributed by atoms with Crippen molar-refractivity contribution in [2.45, 2.75) is 31.2 Å². The zero-order valence-corrected chi connectivity index (χ0v) is 15.0. The molecule has 0 aliphatic heterocycles. The second-order valence-electron chi connectivity index (χ2n) is 6.17. The van der Waals surface area contributed by atoms with Crippen molar-refractivity contribution in [3.05, 3.63) is 33.9 Å². The van der Waals surface area contributed by atoms with E-state index in [1.807, 2.05) is 13.8 Å². The molecule has 1 atom stereocenters. The predicted molar refractivity (Wildman–Crippen MR) is 90.6 cm³/mol. The summed E-state index contributed by atoms with van der Waals surface area (Å²) in [6.45, 7) is 4.33. The Morgan fingerprint density at radius 2 is 1.92 bits per heavy atom. The van der Waals surface area contributed by atoms with Crippen LogP contribution in [0.4, 0.5) is 5.69 Å². The molecule has 0 heterocycles. The monoisotopic (exact) mass is 357 g/mol. The summed E-state index contributed by atoms with van der Waals surface area (Å²) in [5.74, 6) is -0.220. The Hall–Kier alpha value is -2.00. The SMILES string of the molecule is CC(C)C(N)CCN(C)C(=O)c1cc([N+](=O)[O-])cc(S(C)(=O)=O)c1. The molecular formula is C15H23N3O5S. The number of carbonyl (C=O) groups excluding carboxylic acids is 1. The number of carbonyl (C=O) groups is 1. The van der Waals surface area contributed by atoms with E-state index >= 15 is 0 Å². The smallest absolute Gasteiger partial charge is 0.271 e. The van der Waals surface area contributed by atoms with E-state index in [1.54, 1.807) is 7.05 Å². The third-order valence-electron chi connectivity index (χ3n) is 3.78. The molecule has 1 unspecified atom stereocenters. The van der Waals surface area contributed by atoms with Crippen molar-refractivity contribution in [2.24, 2.45) is 11.7 Å². The van der Waals surface area contributed by atoms with Gasteiger partial charge in [0.2, 0.25) is 0 Å². The highest BCUT2D eigenvalue weighted by Gasteiger charge is 2.21. The van der Waals surface area contributed by atoms with Crippen LogP contribution < -0.4 is 5.73 Å². The van der Waals surface area contributed by atoms with Gasteiger partial charge in [-0.15, -0.1) is 0 Å². The quantitative estimate of drug-likeness (QED) is 0.582. The molecule has 0 bridgehead atoms. The number of rotatable bonds is 7. The molecule has 0 aromatic heterocycles. The molecule has 134 valence electrons.